The Morgan fingerprint density at radius 2 is 2.36 bits per heavy atom. The summed E-state index contributed by atoms with van der Waals surface area (Å²) in [4.78, 5) is 4.07. The highest BCUT2D eigenvalue weighted by Gasteiger charge is 2.03. The van der Waals surface area contributed by atoms with Crippen LogP contribution in [0, 0.1) is 0 Å². The first kappa shape index (κ1) is 10.9. The molecule has 1 aromatic rings. The molecule has 0 aromatic carbocycles. The van der Waals surface area contributed by atoms with E-state index in [1.165, 1.54) is 0 Å². The summed E-state index contributed by atoms with van der Waals surface area (Å²) in [5.41, 5.74) is 6.29. The zero-order valence-electron chi connectivity index (χ0n) is 8.56. The predicted octanol–water partition coefficient (Wildman–Crippen LogP) is 0.954. The largest absolute Gasteiger partial charge is 0.488 e. The lowest BCUT2D eigenvalue weighted by Crippen LogP contribution is -2.18. The molecule has 1 rings (SSSR count). The number of hydrogen-bond acceptors (Lipinski definition) is 4. The summed E-state index contributed by atoms with van der Waals surface area (Å²) < 4.78 is 10.5. The van der Waals surface area contributed by atoms with E-state index < -0.39 is 0 Å². The fourth-order valence-corrected chi connectivity index (χ4v) is 1.14. The van der Waals surface area contributed by atoms with Crippen molar-refractivity contribution in [2.45, 2.75) is 19.6 Å². The highest BCUT2D eigenvalue weighted by Crippen LogP contribution is 2.12. The van der Waals surface area contributed by atoms with Crippen LogP contribution in [0.25, 0.3) is 0 Å². The quantitative estimate of drug-likeness (QED) is 0.762. The van der Waals surface area contributed by atoms with Crippen molar-refractivity contribution in [1.29, 1.82) is 0 Å². The van der Waals surface area contributed by atoms with Crippen LogP contribution in [0.1, 0.15) is 12.6 Å². The van der Waals surface area contributed by atoms with Crippen molar-refractivity contribution in [3.63, 3.8) is 0 Å². The Hall–Kier alpha value is -1.13. The minimum absolute atomic E-state index is 0.0352. The molecule has 0 saturated heterocycles. The number of rotatable bonds is 5. The average Bonchev–Trinajstić information content (AvgIpc) is 2.18. The maximum absolute atomic E-state index is 5.58. The molecule has 1 aromatic heterocycles. The molecule has 1 atom stereocenters. The second kappa shape index (κ2) is 5.57. The smallest absolute Gasteiger partial charge is 0.123 e. The van der Waals surface area contributed by atoms with Crippen LogP contribution in [0.5, 0.6) is 5.75 Å². The van der Waals surface area contributed by atoms with Gasteiger partial charge >= 0.3 is 0 Å². The van der Waals surface area contributed by atoms with Gasteiger partial charge in [-0.2, -0.15) is 0 Å². The van der Waals surface area contributed by atoms with Gasteiger partial charge in [-0.25, -0.2) is 0 Å². The molecule has 0 bridgehead atoms. The highest BCUT2D eigenvalue weighted by molar-refractivity contribution is 5.22. The van der Waals surface area contributed by atoms with Crippen molar-refractivity contribution in [3.8, 4) is 5.75 Å². The van der Waals surface area contributed by atoms with E-state index in [4.69, 9.17) is 15.2 Å². The molecule has 1 heterocycles. The van der Waals surface area contributed by atoms with Crippen molar-refractivity contribution >= 4 is 0 Å². The molecule has 0 amide bonds. The molecule has 0 fully saturated rings. The van der Waals surface area contributed by atoms with Crippen LogP contribution in [0.15, 0.2) is 18.3 Å². The molecule has 4 heteroatoms. The first-order valence-corrected chi connectivity index (χ1v) is 4.57. The highest BCUT2D eigenvalue weighted by atomic mass is 16.5. The van der Waals surface area contributed by atoms with Crippen molar-refractivity contribution in [3.05, 3.63) is 24.0 Å². The van der Waals surface area contributed by atoms with E-state index in [0.29, 0.717) is 13.2 Å². The van der Waals surface area contributed by atoms with Gasteiger partial charge in [-0.05, 0) is 13.0 Å². The van der Waals surface area contributed by atoms with Gasteiger partial charge in [-0.1, -0.05) is 0 Å². The molecule has 0 aliphatic rings. The molecule has 2 N–H and O–H groups in total. The van der Waals surface area contributed by atoms with Gasteiger partial charge < -0.3 is 15.2 Å². The molecule has 0 spiro atoms. The molecule has 1 unspecified atom stereocenters. The van der Waals surface area contributed by atoms with E-state index in [1.54, 1.807) is 13.3 Å². The topological polar surface area (TPSA) is 57.4 Å². The first-order valence-electron chi connectivity index (χ1n) is 4.57. The first-order chi connectivity index (χ1) is 6.76. The van der Waals surface area contributed by atoms with Crippen molar-refractivity contribution in [1.82, 2.24) is 4.98 Å². The number of hydrogen-bond donors (Lipinski definition) is 1. The van der Waals surface area contributed by atoms with E-state index in [0.717, 1.165) is 11.4 Å². The Balaban J connectivity index is 2.57. The number of nitrogens with two attached hydrogens (primary N) is 1. The number of methoxy groups -OCH3 is 1. The van der Waals surface area contributed by atoms with E-state index in [9.17, 15) is 0 Å². The lowest BCUT2D eigenvalue weighted by Gasteiger charge is -2.13. The lowest BCUT2D eigenvalue weighted by molar-refractivity contribution is 0.0919. The summed E-state index contributed by atoms with van der Waals surface area (Å²) in [6, 6.07) is 3.65. The Kier molecular flexibility index (Phi) is 4.35. The molecule has 0 radical (unpaired) electrons. The minimum atomic E-state index is 0.0352. The summed E-state index contributed by atoms with van der Waals surface area (Å²) in [6.45, 7) is 2.95. The molecule has 14 heavy (non-hydrogen) atoms. The van der Waals surface area contributed by atoms with Gasteiger partial charge in [0.2, 0.25) is 0 Å². The van der Waals surface area contributed by atoms with E-state index in [1.807, 2.05) is 19.1 Å². The molecule has 0 aliphatic carbocycles. The third kappa shape index (κ3) is 3.32. The SMILES string of the molecule is COCC(C)Oc1ccnc(CN)c1. The van der Waals surface area contributed by atoms with Crippen LogP contribution in [-0.4, -0.2) is 24.8 Å². The molecule has 78 valence electrons. The number of nitrogens with zero attached hydrogens (tertiary/aromatic N) is 1. The van der Waals surface area contributed by atoms with Crippen LogP contribution in [0.3, 0.4) is 0 Å². The van der Waals surface area contributed by atoms with Gasteiger partial charge in [0.05, 0.1) is 12.3 Å². The van der Waals surface area contributed by atoms with Gasteiger partial charge in [-0.15, -0.1) is 0 Å². The van der Waals surface area contributed by atoms with Crippen molar-refractivity contribution in [2.75, 3.05) is 13.7 Å². The Bertz CT molecular complexity index is 279. The van der Waals surface area contributed by atoms with Crippen molar-refractivity contribution < 1.29 is 9.47 Å². The van der Waals surface area contributed by atoms with Crippen LogP contribution in [0.2, 0.25) is 0 Å². The van der Waals surface area contributed by atoms with Gasteiger partial charge in [0.1, 0.15) is 11.9 Å². The van der Waals surface area contributed by atoms with Gasteiger partial charge in [0, 0.05) is 25.9 Å². The standard InChI is InChI=1S/C10H16N2O2/c1-8(7-13-2)14-10-3-4-12-9(5-10)6-11/h3-5,8H,6-7,11H2,1-2H3. The van der Waals surface area contributed by atoms with E-state index in [2.05, 4.69) is 4.98 Å². The van der Waals surface area contributed by atoms with Gasteiger partial charge in [-0.3, -0.25) is 4.98 Å². The summed E-state index contributed by atoms with van der Waals surface area (Å²) >= 11 is 0. The fourth-order valence-electron chi connectivity index (χ4n) is 1.14. The molecule has 0 aliphatic heterocycles. The zero-order valence-corrected chi connectivity index (χ0v) is 8.56. The molecule has 4 nitrogen and oxygen atoms in total. The summed E-state index contributed by atoms with van der Waals surface area (Å²) in [7, 11) is 1.65. The molecular weight excluding hydrogens is 180 g/mol. The molecular formula is C10H16N2O2. The monoisotopic (exact) mass is 196 g/mol. The predicted molar refractivity (Wildman–Crippen MR) is 54.1 cm³/mol. The summed E-state index contributed by atoms with van der Waals surface area (Å²) in [5.74, 6) is 0.782. The maximum atomic E-state index is 5.58. The summed E-state index contributed by atoms with van der Waals surface area (Å²) in [5, 5.41) is 0. The normalized spacial score (nSPS) is 12.5. The van der Waals surface area contributed by atoms with E-state index in [-0.39, 0.29) is 6.10 Å². The number of pyridine rings is 1. The fraction of sp³-hybridized carbons (Fsp3) is 0.500. The number of ether oxygens (including phenoxy) is 2. The van der Waals surface area contributed by atoms with Crippen molar-refractivity contribution in [2.24, 2.45) is 5.73 Å². The Morgan fingerprint density at radius 3 is 3.00 bits per heavy atom. The zero-order chi connectivity index (χ0) is 10.4. The van der Waals surface area contributed by atoms with Gasteiger partial charge in [0.15, 0.2) is 0 Å². The summed E-state index contributed by atoms with van der Waals surface area (Å²) in [6.07, 6.45) is 1.73. The minimum Gasteiger partial charge on any atom is -0.488 e. The third-order valence-corrected chi connectivity index (χ3v) is 1.74. The second-order valence-corrected chi connectivity index (χ2v) is 3.07. The van der Waals surface area contributed by atoms with Crippen LogP contribution >= 0.6 is 0 Å². The van der Waals surface area contributed by atoms with Gasteiger partial charge in [0.25, 0.3) is 0 Å². The number of aromatic nitrogens is 1. The van der Waals surface area contributed by atoms with E-state index >= 15 is 0 Å². The maximum Gasteiger partial charge on any atom is 0.123 e. The Morgan fingerprint density at radius 1 is 1.57 bits per heavy atom. The van der Waals surface area contributed by atoms with Crippen LogP contribution in [-0.2, 0) is 11.3 Å². The third-order valence-electron chi connectivity index (χ3n) is 1.74. The lowest BCUT2D eigenvalue weighted by atomic mass is 10.3. The average molecular weight is 196 g/mol. The Labute approximate surface area is 84.0 Å². The van der Waals surface area contributed by atoms with Crippen LogP contribution < -0.4 is 10.5 Å². The molecule has 0 saturated carbocycles. The van der Waals surface area contributed by atoms with Crippen LogP contribution in [0.4, 0.5) is 0 Å². The second-order valence-electron chi connectivity index (χ2n) is 3.07.